The Morgan fingerprint density at radius 2 is 1.88 bits per heavy atom. The molecule has 0 spiro atoms. The third-order valence-corrected chi connectivity index (χ3v) is 3.96. The molecule has 2 heterocycles. The molecule has 26 heavy (non-hydrogen) atoms. The second kappa shape index (κ2) is 8.49. The van der Waals surface area contributed by atoms with Gasteiger partial charge in [-0.15, -0.1) is 0 Å². The van der Waals surface area contributed by atoms with Gasteiger partial charge in [0.1, 0.15) is 24.7 Å². The fourth-order valence-electron chi connectivity index (χ4n) is 2.86. The average molecular weight is 367 g/mol. The SMILES string of the molecule is Cc1cc(OC[C@@](N)(CF)CC(C)C)c(C(F)F)nc1-c1ccncc1. The summed E-state index contributed by atoms with van der Waals surface area (Å²) in [6.07, 6.45) is 0.695. The fraction of sp³-hybridized carbons (Fsp3) is 0.474. The number of hydrogen-bond acceptors (Lipinski definition) is 4. The number of aromatic nitrogens is 2. The Morgan fingerprint density at radius 1 is 1.23 bits per heavy atom. The van der Waals surface area contributed by atoms with Gasteiger partial charge in [0.2, 0.25) is 0 Å². The molecule has 0 saturated carbocycles. The Hall–Kier alpha value is -2.15. The predicted octanol–water partition coefficient (Wildman–Crippen LogP) is 4.48. The van der Waals surface area contributed by atoms with Crippen LogP contribution in [-0.4, -0.2) is 28.8 Å². The van der Waals surface area contributed by atoms with Gasteiger partial charge in [-0.05, 0) is 43.0 Å². The maximum atomic E-state index is 13.5. The number of pyridine rings is 2. The first kappa shape index (κ1) is 20.2. The number of hydrogen-bond donors (Lipinski definition) is 1. The standard InChI is InChI=1S/C19H24F3N3O/c1-12(2)9-19(23,10-20)11-26-15-8-13(3)16(25-17(15)18(21)22)14-4-6-24-7-5-14/h4-8,12,18H,9-11,23H2,1-3H3/t19-/m0/s1. The zero-order valence-electron chi connectivity index (χ0n) is 15.2. The molecular formula is C19H24F3N3O. The third-order valence-electron chi connectivity index (χ3n) is 3.96. The third kappa shape index (κ3) is 4.94. The van der Waals surface area contributed by atoms with Crippen molar-refractivity contribution < 1.29 is 17.9 Å². The van der Waals surface area contributed by atoms with Crippen molar-refractivity contribution in [2.24, 2.45) is 11.7 Å². The highest BCUT2D eigenvalue weighted by atomic mass is 19.3. The molecule has 0 aliphatic rings. The molecule has 0 amide bonds. The maximum Gasteiger partial charge on any atom is 0.284 e. The van der Waals surface area contributed by atoms with Crippen molar-refractivity contribution in [1.29, 1.82) is 0 Å². The molecule has 142 valence electrons. The molecule has 0 unspecified atom stereocenters. The van der Waals surface area contributed by atoms with E-state index in [0.29, 0.717) is 23.2 Å². The van der Waals surface area contributed by atoms with Crippen LogP contribution < -0.4 is 10.5 Å². The molecule has 2 aromatic rings. The molecule has 0 aliphatic carbocycles. The molecule has 2 aromatic heterocycles. The lowest BCUT2D eigenvalue weighted by Crippen LogP contribution is -2.49. The number of aryl methyl sites for hydroxylation is 1. The molecule has 0 fully saturated rings. The molecule has 0 aromatic carbocycles. The van der Waals surface area contributed by atoms with Gasteiger partial charge in [0, 0.05) is 18.0 Å². The maximum absolute atomic E-state index is 13.5. The minimum Gasteiger partial charge on any atom is -0.489 e. The van der Waals surface area contributed by atoms with Crippen LogP contribution in [0.1, 0.15) is 38.0 Å². The van der Waals surface area contributed by atoms with Gasteiger partial charge in [0.25, 0.3) is 6.43 Å². The van der Waals surface area contributed by atoms with E-state index in [2.05, 4.69) is 9.97 Å². The predicted molar refractivity (Wildman–Crippen MR) is 95.0 cm³/mol. The summed E-state index contributed by atoms with van der Waals surface area (Å²) >= 11 is 0. The Kier molecular flexibility index (Phi) is 6.58. The zero-order chi connectivity index (χ0) is 19.3. The highest BCUT2D eigenvalue weighted by Crippen LogP contribution is 2.33. The Balaban J connectivity index is 2.33. The monoisotopic (exact) mass is 367 g/mol. The quantitative estimate of drug-likeness (QED) is 0.747. The lowest BCUT2D eigenvalue weighted by Gasteiger charge is -2.28. The van der Waals surface area contributed by atoms with Crippen molar-refractivity contribution >= 4 is 0 Å². The van der Waals surface area contributed by atoms with E-state index in [-0.39, 0.29) is 18.3 Å². The number of alkyl halides is 3. The van der Waals surface area contributed by atoms with Crippen molar-refractivity contribution in [3.63, 3.8) is 0 Å². The topological polar surface area (TPSA) is 61.0 Å². The van der Waals surface area contributed by atoms with Gasteiger partial charge in [0.15, 0.2) is 0 Å². The van der Waals surface area contributed by atoms with Crippen LogP contribution in [0.3, 0.4) is 0 Å². The van der Waals surface area contributed by atoms with E-state index >= 15 is 0 Å². The highest BCUT2D eigenvalue weighted by Gasteiger charge is 2.29. The Bertz CT molecular complexity index is 725. The first-order chi connectivity index (χ1) is 12.3. The van der Waals surface area contributed by atoms with Crippen molar-refractivity contribution in [3.05, 3.63) is 41.9 Å². The molecular weight excluding hydrogens is 343 g/mol. The summed E-state index contributed by atoms with van der Waals surface area (Å²) in [7, 11) is 0. The summed E-state index contributed by atoms with van der Waals surface area (Å²) in [5.41, 5.74) is 6.10. The van der Waals surface area contributed by atoms with Crippen LogP contribution in [0.25, 0.3) is 11.3 Å². The summed E-state index contributed by atoms with van der Waals surface area (Å²) in [5.74, 6) is 0.0881. The summed E-state index contributed by atoms with van der Waals surface area (Å²) in [5, 5.41) is 0. The molecule has 0 aliphatic heterocycles. The first-order valence-electron chi connectivity index (χ1n) is 8.43. The van der Waals surface area contributed by atoms with Crippen LogP contribution in [0.2, 0.25) is 0 Å². The first-order valence-corrected chi connectivity index (χ1v) is 8.43. The largest absolute Gasteiger partial charge is 0.489 e. The zero-order valence-corrected chi connectivity index (χ0v) is 15.2. The molecule has 0 radical (unpaired) electrons. The number of nitrogens with zero attached hydrogens (tertiary/aromatic N) is 2. The van der Waals surface area contributed by atoms with E-state index in [1.807, 2.05) is 13.8 Å². The van der Waals surface area contributed by atoms with Crippen molar-refractivity contribution in [1.82, 2.24) is 9.97 Å². The summed E-state index contributed by atoms with van der Waals surface area (Å²) < 4.78 is 45.9. The van der Waals surface area contributed by atoms with E-state index in [1.54, 1.807) is 31.5 Å². The number of halogens is 3. The van der Waals surface area contributed by atoms with E-state index in [0.717, 1.165) is 0 Å². The lowest BCUT2D eigenvalue weighted by molar-refractivity contribution is 0.127. The van der Waals surface area contributed by atoms with Gasteiger partial charge in [-0.3, -0.25) is 4.98 Å². The average Bonchev–Trinajstić information content (AvgIpc) is 2.60. The van der Waals surface area contributed by atoms with Crippen LogP contribution in [0.4, 0.5) is 13.2 Å². The smallest absolute Gasteiger partial charge is 0.284 e. The minimum absolute atomic E-state index is 0.0673. The van der Waals surface area contributed by atoms with Gasteiger partial charge < -0.3 is 10.5 Å². The molecule has 2 rings (SSSR count). The molecule has 0 saturated heterocycles. The van der Waals surface area contributed by atoms with Crippen LogP contribution in [-0.2, 0) is 0 Å². The molecule has 2 N–H and O–H groups in total. The number of nitrogens with two attached hydrogens (primary N) is 1. The molecule has 4 nitrogen and oxygen atoms in total. The number of ether oxygens (including phenoxy) is 1. The summed E-state index contributed by atoms with van der Waals surface area (Å²) in [4.78, 5) is 8.01. The van der Waals surface area contributed by atoms with E-state index in [4.69, 9.17) is 10.5 Å². The Labute approximate surface area is 151 Å². The van der Waals surface area contributed by atoms with Gasteiger partial charge >= 0.3 is 0 Å². The minimum atomic E-state index is -2.83. The molecule has 1 atom stereocenters. The van der Waals surface area contributed by atoms with Gasteiger partial charge in [0.05, 0.1) is 11.2 Å². The van der Waals surface area contributed by atoms with Crippen LogP contribution >= 0.6 is 0 Å². The van der Waals surface area contributed by atoms with Gasteiger partial charge in [-0.25, -0.2) is 18.2 Å². The van der Waals surface area contributed by atoms with E-state index in [9.17, 15) is 13.2 Å². The fourth-order valence-corrected chi connectivity index (χ4v) is 2.86. The normalized spacial score (nSPS) is 13.9. The second-order valence-electron chi connectivity index (χ2n) is 6.96. The highest BCUT2D eigenvalue weighted by molar-refractivity contribution is 5.63. The van der Waals surface area contributed by atoms with Gasteiger partial charge in [-0.2, -0.15) is 0 Å². The lowest BCUT2D eigenvalue weighted by atomic mass is 9.92. The van der Waals surface area contributed by atoms with Crippen LogP contribution in [0.15, 0.2) is 30.6 Å². The Morgan fingerprint density at radius 3 is 2.42 bits per heavy atom. The van der Waals surface area contributed by atoms with Crippen molar-refractivity contribution in [2.45, 2.75) is 39.2 Å². The van der Waals surface area contributed by atoms with Crippen molar-refractivity contribution in [3.8, 4) is 17.0 Å². The summed E-state index contributed by atoms with van der Waals surface area (Å²) in [6, 6.07) is 4.89. The number of rotatable bonds is 8. The van der Waals surface area contributed by atoms with Crippen LogP contribution in [0.5, 0.6) is 5.75 Å². The summed E-state index contributed by atoms with van der Waals surface area (Å²) in [6.45, 7) is 4.59. The van der Waals surface area contributed by atoms with Crippen LogP contribution in [0, 0.1) is 12.8 Å². The van der Waals surface area contributed by atoms with Gasteiger partial charge in [-0.1, -0.05) is 13.8 Å². The molecule has 7 heteroatoms. The second-order valence-corrected chi connectivity index (χ2v) is 6.96. The van der Waals surface area contributed by atoms with E-state index < -0.39 is 24.3 Å². The van der Waals surface area contributed by atoms with Crippen molar-refractivity contribution in [2.75, 3.05) is 13.3 Å². The molecule has 0 bridgehead atoms. The van der Waals surface area contributed by atoms with E-state index in [1.165, 1.54) is 6.07 Å².